The molecule has 1 aliphatic heterocycles. The van der Waals surface area contributed by atoms with E-state index in [1.807, 2.05) is 0 Å². The van der Waals surface area contributed by atoms with Crippen LogP contribution in [0.25, 0.3) is 0 Å². The molecular formula is C17H25ClN2O. The molecule has 0 spiro atoms. The number of hydrogen-bond donors (Lipinski definition) is 2. The Morgan fingerprint density at radius 1 is 1.38 bits per heavy atom. The van der Waals surface area contributed by atoms with Gasteiger partial charge in [0.15, 0.2) is 0 Å². The van der Waals surface area contributed by atoms with Crippen molar-refractivity contribution in [1.82, 2.24) is 5.32 Å². The highest BCUT2D eigenvalue weighted by Gasteiger charge is 2.42. The zero-order valence-corrected chi connectivity index (χ0v) is 13.6. The normalized spacial score (nSPS) is 29.7. The van der Waals surface area contributed by atoms with E-state index in [2.05, 4.69) is 42.3 Å². The van der Waals surface area contributed by atoms with Crippen molar-refractivity contribution in [3.63, 3.8) is 0 Å². The van der Waals surface area contributed by atoms with Gasteiger partial charge in [-0.05, 0) is 49.9 Å². The monoisotopic (exact) mass is 308 g/mol. The number of fused-ring (bicyclic) bond motifs is 1. The molecule has 1 aliphatic carbocycles. The van der Waals surface area contributed by atoms with Crippen LogP contribution >= 0.6 is 11.6 Å². The molecule has 4 heteroatoms. The topological polar surface area (TPSA) is 35.5 Å². The second-order valence-corrected chi connectivity index (χ2v) is 6.87. The van der Waals surface area contributed by atoms with Gasteiger partial charge in [-0.3, -0.25) is 0 Å². The molecule has 3 nitrogen and oxygen atoms in total. The molecule has 0 amide bonds. The number of nitrogens with one attached hydrogen (secondary N) is 1. The van der Waals surface area contributed by atoms with Gasteiger partial charge in [-0.1, -0.05) is 24.6 Å². The summed E-state index contributed by atoms with van der Waals surface area (Å²) in [4.78, 5) is 2.35. The van der Waals surface area contributed by atoms with Crippen LogP contribution in [-0.2, 0) is 0 Å². The van der Waals surface area contributed by atoms with Crippen molar-refractivity contribution in [2.45, 2.75) is 38.8 Å². The molecule has 21 heavy (non-hydrogen) atoms. The molecule has 0 radical (unpaired) electrons. The first-order chi connectivity index (χ1) is 10.1. The molecule has 2 aliphatic rings. The van der Waals surface area contributed by atoms with E-state index in [1.54, 1.807) is 0 Å². The molecule has 1 saturated heterocycles. The fourth-order valence-electron chi connectivity index (χ4n) is 3.91. The van der Waals surface area contributed by atoms with Crippen LogP contribution in [0.5, 0.6) is 0 Å². The predicted molar refractivity (Wildman–Crippen MR) is 88.0 cm³/mol. The van der Waals surface area contributed by atoms with Crippen molar-refractivity contribution >= 4 is 17.3 Å². The zero-order chi connectivity index (χ0) is 15.0. The van der Waals surface area contributed by atoms with Gasteiger partial charge in [0.05, 0.1) is 16.8 Å². The Hall–Kier alpha value is -0.770. The Labute approximate surface area is 132 Å². The highest BCUT2D eigenvalue weighted by Crippen LogP contribution is 2.41. The lowest BCUT2D eigenvalue weighted by atomic mass is 10.00. The molecule has 1 aromatic carbocycles. The van der Waals surface area contributed by atoms with Crippen molar-refractivity contribution in [2.24, 2.45) is 11.8 Å². The standard InChI is InChI=1S/C17H25ClN2O/c1-3-19-11(2)12-4-6-16(15(18)8-12)20-9-13-5-7-17(21)14(13)10-20/h4,6,8,11,13-14,17,19,21H,3,5,7,9-10H2,1-2H3. The maximum atomic E-state index is 10.0. The first-order valence-corrected chi connectivity index (χ1v) is 8.43. The van der Waals surface area contributed by atoms with E-state index < -0.39 is 0 Å². The molecule has 1 heterocycles. The molecular weight excluding hydrogens is 284 g/mol. The smallest absolute Gasteiger partial charge is 0.0642 e. The van der Waals surface area contributed by atoms with Crippen LogP contribution in [0.4, 0.5) is 5.69 Å². The van der Waals surface area contributed by atoms with E-state index in [4.69, 9.17) is 11.6 Å². The molecule has 4 unspecified atom stereocenters. The van der Waals surface area contributed by atoms with Gasteiger partial charge in [0, 0.05) is 25.0 Å². The lowest BCUT2D eigenvalue weighted by molar-refractivity contribution is 0.133. The fraction of sp³-hybridized carbons (Fsp3) is 0.647. The minimum atomic E-state index is -0.119. The Bertz CT molecular complexity index is 508. The van der Waals surface area contributed by atoms with E-state index in [1.165, 1.54) is 5.56 Å². The summed E-state index contributed by atoms with van der Waals surface area (Å²) in [7, 11) is 0. The second kappa shape index (κ2) is 6.15. The predicted octanol–water partition coefficient (Wildman–Crippen LogP) is 3.22. The van der Waals surface area contributed by atoms with Crippen LogP contribution < -0.4 is 10.2 Å². The van der Waals surface area contributed by atoms with Crippen molar-refractivity contribution in [1.29, 1.82) is 0 Å². The number of rotatable bonds is 4. The Morgan fingerprint density at radius 2 is 2.19 bits per heavy atom. The number of hydrogen-bond acceptors (Lipinski definition) is 3. The van der Waals surface area contributed by atoms with Gasteiger partial charge in [0.25, 0.3) is 0 Å². The van der Waals surface area contributed by atoms with Crippen molar-refractivity contribution < 1.29 is 5.11 Å². The van der Waals surface area contributed by atoms with E-state index in [0.717, 1.165) is 43.2 Å². The van der Waals surface area contributed by atoms with Gasteiger partial charge in [-0.25, -0.2) is 0 Å². The number of nitrogens with zero attached hydrogens (tertiary/aromatic N) is 1. The maximum absolute atomic E-state index is 10.0. The molecule has 2 fully saturated rings. The van der Waals surface area contributed by atoms with Crippen molar-refractivity contribution in [3.05, 3.63) is 28.8 Å². The van der Waals surface area contributed by atoms with Crippen LogP contribution in [0.1, 0.15) is 38.3 Å². The maximum Gasteiger partial charge on any atom is 0.0642 e. The molecule has 116 valence electrons. The van der Waals surface area contributed by atoms with Gasteiger partial charge >= 0.3 is 0 Å². The number of halogens is 1. The highest BCUT2D eigenvalue weighted by molar-refractivity contribution is 6.33. The molecule has 4 atom stereocenters. The van der Waals surface area contributed by atoms with Gasteiger partial charge in [0.1, 0.15) is 0 Å². The summed E-state index contributed by atoms with van der Waals surface area (Å²) < 4.78 is 0. The third kappa shape index (κ3) is 2.92. The average Bonchev–Trinajstić information content (AvgIpc) is 3.01. The highest BCUT2D eigenvalue weighted by atomic mass is 35.5. The van der Waals surface area contributed by atoms with Crippen LogP contribution in [-0.4, -0.2) is 30.8 Å². The first kappa shape index (κ1) is 15.1. The van der Waals surface area contributed by atoms with E-state index in [0.29, 0.717) is 17.9 Å². The average molecular weight is 309 g/mol. The van der Waals surface area contributed by atoms with E-state index in [-0.39, 0.29) is 6.10 Å². The minimum absolute atomic E-state index is 0.119. The molecule has 3 rings (SSSR count). The number of aliphatic hydroxyl groups is 1. The molecule has 1 saturated carbocycles. The van der Waals surface area contributed by atoms with E-state index >= 15 is 0 Å². The Morgan fingerprint density at radius 3 is 2.86 bits per heavy atom. The summed E-state index contributed by atoms with van der Waals surface area (Å²) in [5, 5.41) is 14.3. The molecule has 1 aromatic rings. The summed E-state index contributed by atoms with van der Waals surface area (Å²) in [6.07, 6.45) is 2.00. The summed E-state index contributed by atoms with van der Waals surface area (Å²) in [5.41, 5.74) is 2.34. The summed E-state index contributed by atoms with van der Waals surface area (Å²) >= 11 is 6.51. The molecule has 0 bridgehead atoms. The lowest BCUT2D eigenvalue weighted by Crippen LogP contribution is -2.24. The first-order valence-electron chi connectivity index (χ1n) is 8.06. The van der Waals surface area contributed by atoms with Crippen molar-refractivity contribution in [3.8, 4) is 0 Å². The third-order valence-electron chi connectivity index (χ3n) is 5.14. The largest absolute Gasteiger partial charge is 0.393 e. The molecule has 2 N–H and O–H groups in total. The number of anilines is 1. The fourth-order valence-corrected chi connectivity index (χ4v) is 4.21. The van der Waals surface area contributed by atoms with Gasteiger partial charge in [-0.2, -0.15) is 0 Å². The quantitative estimate of drug-likeness (QED) is 0.896. The van der Waals surface area contributed by atoms with E-state index in [9.17, 15) is 5.11 Å². The third-order valence-corrected chi connectivity index (χ3v) is 5.44. The molecule has 0 aromatic heterocycles. The SMILES string of the molecule is CCNC(C)c1ccc(N2CC3CCC(O)C3C2)c(Cl)c1. The van der Waals surface area contributed by atoms with Crippen molar-refractivity contribution in [2.75, 3.05) is 24.5 Å². The zero-order valence-electron chi connectivity index (χ0n) is 12.8. The summed E-state index contributed by atoms with van der Waals surface area (Å²) in [6.45, 7) is 7.19. The van der Waals surface area contributed by atoms with Gasteiger partial charge < -0.3 is 15.3 Å². The second-order valence-electron chi connectivity index (χ2n) is 6.46. The van der Waals surface area contributed by atoms with Crippen LogP contribution in [0, 0.1) is 11.8 Å². The summed E-state index contributed by atoms with van der Waals surface area (Å²) in [5.74, 6) is 1.07. The lowest BCUT2D eigenvalue weighted by Gasteiger charge is -2.23. The number of benzene rings is 1. The van der Waals surface area contributed by atoms with Gasteiger partial charge in [0.2, 0.25) is 0 Å². The minimum Gasteiger partial charge on any atom is -0.393 e. The van der Waals surface area contributed by atoms with Gasteiger partial charge in [-0.15, -0.1) is 0 Å². The Balaban J connectivity index is 1.75. The number of aliphatic hydroxyl groups excluding tert-OH is 1. The van der Waals surface area contributed by atoms with Crippen LogP contribution in [0.3, 0.4) is 0 Å². The Kier molecular flexibility index (Phi) is 4.43. The van der Waals surface area contributed by atoms with Crippen LogP contribution in [0.2, 0.25) is 5.02 Å². The summed E-state index contributed by atoms with van der Waals surface area (Å²) in [6, 6.07) is 6.70. The van der Waals surface area contributed by atoms with Crippen LogP contribution in [0.15, 0.2) is 18.2 Å².